The minimum atomic E-state index is 0. The Bertz CT molecular complexity index is 1140. The van der Waals surface area contributed by atoms with E-state index < -0.39 is 0 Å². The van der Waals surface area contributed by atoms with Crippen LogP contribution in [-0.2, 0) is 25.8 Å². The second-order valence-corrected chi connectivity index (χ2v) is 6.64. The largest absolute Gasteiger partial charge is 4.00 e. The third kappa shape index (κ3) is 4.16. The Morgan fingerprint density at radius 3 is 0.828 bits per heavy atom. The summed E-state index contributed by atoms with van der Waals surface area (Å²) in [6.45, 7) is 6.00. The van der Waals surface area contributed by atoms with E-state index in [1.165, 1.54) is 43.1 Å². The molecule has 6 aromatic rings. The molecular weight excluding hydrogens is 515 g/mol. The number of fused-ring (bicyclic) bond motifs is 6. The molecule has 136 valence electrons. The maximum atomic E-state index is 3.00. The van der Waals surface area contributed by atoms with Gasteiger partial charge in [0.1, 0.15) is 0 Å². The van der Waals surface area contributed by atoms with E-state index in [0.29, 0.717) is 0 Å². The van der Waals surface area contributed by atoms with E-state index in [1.54, 1.807) is 0 Å². The number of hydrogen-bond donors (Lipinski definition) is 0. The first-order valence-corrected chi connectivity index (χ1v) is 9.46. The van der Waals surface area contributed by atoms with E-state index >= 15 is 0 Å². The van der Waals surface area contributed by atoms with Gasteiger partial charge < -0.3 is 0 Å². The molecule has 29 heavy (non-hydrogen) atoms. The summed E-state index contributed by atoms with van der Waals surface area (Å²) in [6.07, 6.45) is 0. The van der Waals surface area contributed by atoms with Crippen molar-refractivity contribution in [2.45, 2.75) is 0 Å². The van der Waals surface area contributed by atoms with Crippen LogP contribution in [-0.4, -0.2) is 0 Å². The third-order valence-corrected chi connectivity index (χ3v) is 5.05. The van der Waals surface area contributed by atoms with Crippen molar-refractivity contribution in [1.29, 1.82) is 0 Å². The summed E-state index contributed by atoms with van der Waals surface area (Å²) in [5.74, 6) is 0. The smallest absolute Gasteiger partial charge is 0.126 e. The van der Waals surface area contributed by atoms with Crippen molar-refractivity contribution in [3.05, 3.63) is 122 Å². The minimum absolute atomic E-state index is 0. The quantitative estimate of drug-likeness (QED) is 0.104. The summed E-state index contributed by atoms with van der Waals surface area (Å²) in [4.78, 5) is 0. The Labute approximate surface area is 190 Å². The van der Waals surface area contributed by atoms with Crippen LogP contribution in [0.2, 0.25) is 0 Å². The summed E-state index contributed by atoms with van der Waals surface area (Å²) in [5, 5.41) is 10.8. The molecule has 0 aliphatic carbocycles. The van der Waals surface area contributed by atoms with Gasteiger partial charge in [0.05, 0.1) is 0 Å². The molecule has 0 aliphatic rings. The first-order chi connectivity index (χ1) is 13.9. The number of hydrogen-bond acceptors (Lipinski definition) is 0. The van der Waals surface area contributed by atoms with Crippen LogP contribution in [0.1, 0.15) is 0 Å². The summed E-state index contributed by atoms with van der Waals surface area (Å²) in [7, 11) is 0. The van der Waals surface area contributed by atoms with E-state index in [0.717, 1.165) is 0 Å². The van der Waals surface area contributed by atoms with E-state index in [1.807, 2.05) is 0 Å². The van der Waals surface area contributed by atoms with Crippen molar-refractivity contribution in [2.24, 2.45) is 0 Å². The van der Waals surface area contributed by atoms with Crippen LogP contribution in [0.15, 0.2) is 122 Å². The predicted molar refractivity (Wildman–Crippen MR) is 125 cm³/mol. The minimum Gasteiger partial charge on any atom is -0.126 e. The average molecular weight is 537 g/mol. The zero-order valence-electron chi connectivity index (χ0n) is 16.3. The van der Waals surface area contributed by atoms with Crippen molar-refractivity contribution < 1.29 is 25.8 Å². The molecule has 0 spiro atoms. The van der Waals surface area contributed by atoms with Crippen molar-refractivity contribution >= 4 is 43.1 Å². The molecule has 6 rings (SSSR count). The Hall–Kier alpha value is -2.77. The zero-order chi connectivity index (χ0) is 19.3. The third-order valence-electron chi connectivity index (χ3n) is 5.05. The first-order valence-electron chi connectivity index (χ1n) is 9.46. The van der Waals surface area contributed by atoms with Gasteiger partial charge in [0, 0.05) is 0 Å². The van der Waals surface area contributed by atoms with Gasteiger partial charge in [-0.2, -0.15) is 0 Å². The molecule has 1 heteroatoms. The van der Waals surface area contributed by atoms with E-state index in [4.69, 9.17) is 0 Å². The molecule has 0 N–H and O–H groups in total. The van der Waals surface area contributed by atoms with Crippen LogP contribution in [0.3, 0.4) is 0 Å². The Kier molecular flexibility index (Phi) is 6.95. The van der Waals surface area contributed by atoms with Gasteiger partial charge >= 0.3 is 25.8 Å². The van der Waals surface area contributed by atoms with Crippen molar-refractivity contribution in [3.63, 3.8) is 0 Å². The predicted octanol–water partition coefficient (Wildman–Crippen LogP) is 8.22. The van der Waals surface area contributed by atoms with Gasteiger partial charge in [0.25, 0.3) is 0 Å². The van der Waals surface area contributed by atoms with E-state index in [-0.39, 0.29) is 25.8 Å². The molecule has 6 aromatic carbocycles. The standard InChI is InChI=1S/2C13H9.C2H4.Hf/c2*1-3-7-12-10(5-1)9-11-6-2-4-8-13(11)12;1-2;/h2*1-9H;1-2H2;/q2*-1;;+4. The maximum absolute atomic E-state index is 3.00. The molecule has 0 unspecified atom stereocenters. The molecule has 0 atom stereocenters. The molecule has 0 saturated heterocycles. The van der Waals surface area contributed by atoms with Crippen molar-refractivity contribution in [1.82, 2.24) is 0 Å². The topological polar surface area (TPSA) is 0 Å². The van der Waals surface area contributed by atoms with Crippen LogP contribution in [0.25, 0.3) is 43.1 Å². The summed E-state index contributed by atoms with van der Waals surface area (Å²) < 4.78 is 0. The van der Waals surface area contributed by atoms with Gasteiger partial charge in [0.15, 0.2) is 0 Å². The molecular formula is C28H22Hf+2. The van der Waals surface area contributed by atoms with E-state index in [2.05, 4.69) is 122 Å². The molecule has 0 nitrogen and oxygen atoms in total. The van der Waals surface area contributed by atoms with Gasteiger partial charge in [-0.15, -0.1) is 92.6 Å². The molecule has 0 bridgehead atoms. The Morgan fingerprint density at radius 1 is 0.379 bits per heavy atom. The van der Waals surface area contributed by atoms with E-state index in [9.17, 15) is 0 Å². The van der Waals surface area contributed by atoms with Crippen LogP contribution >= 0.6 is 0 Å². The fraction of sp³-hybridized carbons (Fsp3) is 0. The zero-order valence-corrected chi connectivity index (χ0v) is 19.9. The molecule has 0 saturated carbocycles. The average Bonchev–Trinajstić information content (AvgIpc) is 3.34. The van der Waals surface area contributed by atoms with Crippen LogP contribution in [0.4, 0.5) is 0 Å². The molecule has 0 radical (unpaired) electrons. The summed E-state index contributed by atoms with van der Waals surface area (Å²) in [6, 6.07) is 38.5. The summed E-state index contributed by atoms with van der Waals surface area (Å²) in [5.41, 5.74) is 0. The van der Waals surface area contributed by atoms with Gasteiger partial charge in [-0.05, 0) is 0 Å². The van der Waals surface area contributed by atoms with Crippen LogP contribution in [0.5, 0.6) is 0 Å². The van der Waals surface area contributed by atoms with Gasteiger partial charge in [-0.25, -0.2) is 0 Å². The summed E-state index contributed by atoms with van der Waals surface area (Å²) >= 11 is 0. The normalized spacial score (nSPS) is 10.1. The fourth-order valence-electron chi connectivity index (χ4n) is 3.81. The maximum Gasteiger partial charge on any atom is 4.00 e. The second-order valence-electron chi connectivity index (χ2n) is 6.64. The fourth-order valence-corrected chi connectivity index (χ4v) is 3.81. The van der Waals surface area contributed by atoms with Crippen molar-refractivity contribution in [3.8, 4) is 0 Å². The molecule has 0 heterocycles. The SMILES string of the molecule is C=C.[Hf+4].c1ccc2c(c1)[cH-]c1ccccc12.c1ccc2c(c1)[cH-]c1ccccc12. The first kappa shape index (κ1) is 21.0. The Morgan fingerprint density at radius 2 is 0.586 bits per heavy atom. The van der Waals surface area contributed by atoms with Gasteiger partial charge in [0.2, 0.25) is 0 Å². The number of rotatable bonds is 0. The molecule has 0 fully saturated rings. The van der Waals surface area contributed by atoms with Crippen molar-refractivity contribution in [2.75, 3.05) is 0 Å². The second kappa shape index (κ2) is 9.62. The van der Waals surface area contributed by atoms with Gasteiger partial charge in [-0.3, -0.25) is 0 Å². The molecule has 0 aliphatic heterocycles. The molecule has 0 amide bonds. The Balaban J connectivity index is 0.000000148. The monoisotopic (exact) mass is 538 g/mol. The molecule has 0 aromatic heterocycles. The van der Waals surface area contributed by atoms with Crippen LogP contribution in [0, 0.1) is 0 Å². The van der Waals surface area contributed by atoms with Crippen LogP contribution < -0.4 is 0 Å². The van der Waals surface area contributed by atoms with Gasteiger partial charge in [-0.1, -0.05) is 72.8 Å². The number of benzene rings is 4.